The van der Waals surface area contributed by atoms with Gasteiger partial charge < -0.3 is 43.4 Å². The van der Waals surface area contributed by atoms with E-state index in [4.69, 9.17) is 27.4 Å². The molecule has 15 heteroatoms. The van der Waals surface area contributed by atoms with Crippen molar-refractivity contribution in [3.63, 3.8) is 0 Å². The minimum Gasteiger partial charge on any atom is -0.481 e. The number of hydrogen-bond donors (Lipinski definition) is 8. The van der Waals surface area contributed by atoms with Crippen LogP contribution in [0.3, 0.4) is 0 Å². The molecule has 0 aliphatic carbocycles. The van der Waals surface area contributed by atoms with E-state index in [1.165, 1.54) is 0 Å². The van der Waals surface area contributed by atoms with Crippen LogP contribution in [0.25, 0.3) is 0 Å². The second kappa shape index (κ2) is 11.9. The maximum absolute atomic E-state index is 12.1. The standard InChI is InChI=1S/C14H22N6O9/c15-5(1-8(16)21)12(26)18-4-10(23)19-6(2-9(17)22)13(27)20-7(14(28)29)3-11(24)25/h5-7H,1-4,15H2,(H2,16,21)(H2,17,22)(H,18,26)(H,19,23)(H,20,27)(H,24,25)(H,28,29). The maximum Gasteiger partial charge on any atom is 0.326 e. The van der Waals surface area contributed by atoms with Crippen molar-refractivity contribution in [1.82, 2.24) is 16.0 Å². The van der Waals surface area contributed by atoms with Gasteiger partial charge in [0, 0.05) is 0 Å². The number of carboxylic acids is 2. The lowest BCUT2D eigenvalue weighted by molar-refractivity contribution is -0.147. The van der Waals surface area contributed by atoms with Crippen molar-refractivity contribution in [2.24, 2.45) is 17.2 Å². The zero-order valence-corrected chi connectivity index (χ0v) is 15.0. The second-order valence-electron chi connectivity index (χ2n) is 5.78. The van der Waals surface area contributed by atoms with Crippen LogP contribution in [-0.4, -0.2) is 76.4 Å². The molecule has 0 rings (SSSR count). The van der Waals surface area contributed by atoms with Crippen LogP contribution in [0.15, 0.2) is 0 Å². The zero-order valence-electron chi connectivity index (χ0n) is 15.0. The highest BCUT2D eigenvalue weighted by Crippen LogP contribution is 1.98. The van der Waals surface area contributed by atoms with Crippen LogP contribution in [0, 0.1) is 0 Å². The van der Waals surface area contributed by atoms with Gasteiger partial charge in [-0.25, -0.2) is 4.79 Å². The fraction of sp³-hybridized carbons (Fsp3) is 0.500. The molecule has 0 aromatic carbocycles. The van der Waals surface area contributed by atoms with Crippen molar-refractivity contribution in [2.75, 3.05) is 6.54 Å². The molecular formula is C14H22N6O9. The number of carbonyl (C=O) groups is 7. The van der Waals surface area contributed by atoms with Gasteiger partial charge in [-0.1, -0.05) is 0 Å². The van der Waals surface area contributed by atoms with Crippen LogP contribution < -0.4 is 33.2 Å². The van der Waals surface area contributed by atoms with Gasteiger partial charge in [0.15, 0.2) is 0 Å². The predicted molar refractivity (Wildman–Crippen MR) is 92.4 cm³/mol. The molecule has 0 spiro atoms. The summed E-state index contributed by atoms with van der Waals surface area (Å²) in [6.07, 6.45) is -2.15. The lowest BCUT2D eigenvalue weighted by atomic mass is 10.1. The van der Waals surface area contributed by atoms with Crippen molar-refractivity contribution in [3.05, 3.63) is 0 Å². The summed E-state index contributed by atoms with van der Waals surface area (Å²) in [7, 11) is 0. The summed E-state index contributed by atoms with van der Waals surface area (Å²) in [5.74, 6) is -8.07. The summed E-state index contributed by atoms with van der Waals surface area (Å²) in [6, 6.07) is -4.76. The Bertz CT molecular complexity index is 695. The number of carboxylic acid groups (broad SMARTS) is 2. The molecule has 0 aliphatic heterocycles. The third-order valence-corrected chi connectivity index (χ3v) is 3.23. The average molecular weight is 418 g/mol. The van der Waals surface area contributed by atoms with Crippen LogP contribution in [-0.2, 0) is 33.6 Å². The molecule has 0 fully saturated rings. The van der Waals surface area contributed by atoms with E-state index in [-0.39, 0.29) is 0 Å². The van der Waals surface area contributed by atoms with E-state index < -0.39 is 85.4 Å². The summed E-state index contributed by atoms with van der Waals surface area (Å²) < 4.78 is 0. The third-order valence-electron chi connectivity index (χ3n) is 3.23. The lowest BCUT2D eigenvalue weighted by Crippen LogP contribution is -2.55. The summed E-state index contributed by atoms with van der Waals surface area (Å²) in [6.45, 7) is -0.703. The second-order valence-corrected chi connectivity index (χ2v) is 5.78. The van der Waals surface area contributed by atoms with Crippen LogP contribution >= 0.6 is 0 Å². The zero-order chi connectivity index (χ0) is 22.7. The Balaban J connectivity index is 4.94. The molecule has 5 amide bonds. The predicted octanol–water partition coefficient (Wildman–Crippen LogP) is -5.29. The van der Waals surface area contributed by atoms with Gasteiger partial charge in [0.1, 0.15) is 12.1 Å². The number of nitrogens with two attached hydrogens (primary N) is 3. The Morgan fingerprint density at radius 3 is 1.76 bits per heavy atom. The van der Waals surface area contributed by atoms with E-state index >= 15 is 0 Å². The summed E-state index contributed by atoms with van der Waals surface area (Å²) >= 11 is 0. The smallest absolute Gasteiger partial charge is 0.326 e. The first-order valence-electron chi connectivity index (χ1n) is 7.97. The van der Waals surface area contributed by atoms with Gasteiger partial charge in [0.05, 0.1) is 31.8 Å². The van der Waals surface area contributed by atoms with Gasteiger partial charge in [0.25, 0.3) is 0 Å². The van der Waals surface area contributed by atoms with Gasteiger partial charge in [-0.05, 0) is 0 Å². The Morgan fingerprint density at radius 1 is 0.759 bits per heavy atom. The quantitative estimate of drug-likeness (QED) is 0.141. The maximum atomic E-state index is 12.1. The topological polar surface area (TPSA) is 274 Å². The van der Waals surface area contributed by atoms with Crippen LogP contribution in [0.4, 0.5) is 0 Å². The minimum atomic E-state index is -1.82. The van der Waals surface area contributed by atoms with Crippen molar-refractivity contribution in [3.8, 4) is 0 Å². The third kappa shape index (κ3) is 10.9. The number of nitrogens with one attached hydrogen (secondary N) is 3. The first-order chi connectivity index (χ1) is 13.3. The average Bonchev–Trinajstić information content (AvgIpc) is 2.56. The molecule has 0 bridgehead atoms. The molecule has 0 aliphatic rings. The van der Waals surface area contributed by atoms with E-state index in [0.29, 0.717) is 0 Å². The fourth-order valence-corrected chi connectivity index (χ4v) is 1.91. The van der Waals surface area contributed by atoms with Crippen molar-refractivity contribution >= 4 is 41.5 Å². The normalized spacial score (nSPS) is 13.3. The lowest BCUT2D eigenvalue weighted by Gasteiger charge is -2.20. The largest absolute Gasteiger partial charge is 0.481 e. The molecule has 0 heterocycles. The summed E-state index contributed by atoms with van der Waals surface area (Å²) in [4.78, 5) is 79.1. The molecule has 15 nitrogen and oxygen atoms in total. The van der Waals surface area contributed by atoms with Crippen molar-refractivity contribution < 1.29 is 43.8 Å². The fourth-order valence-electron chi connectivity index (χ4n) is 1.91. The molecule has 0 saturated carbocycles. The number of amides is 5. The molecule has 162 valence electrons. The molecule has 29 heavy (non-hydrogen) atoms. The number of aliphatic carboxylic acids is 2. The first kappa shape index (κ1) is 25.2. The molecule has 11 N–H and O–H groups in total. The van der Waals surface area contributed by atoms with Gasteiger partial charge in [-0.2, -0.15) is 0 Å². The number of carbonyl (C=O) groups excluding carboxylic acids is 5. The molecule has 3 atom stereocenters. The van der Waals surface area contributed by atoms with E-state index in [1.54, 1.807) is 0 Å². The number of rotatable bonds is 13. The highest BCUT2D eigenvalue weighted by Gasteiger charge is 2.29. The molecule has 0 saturated heterocycles. The SMILES string of the molecule is NC(=O)CC(N)C(=O)NCC(=O)NC(CC(N)=O)C(=O)NC(CC(=O)O)C(=O)O. The number of primary amides is 2. The van der Waals surface area contributed by atoms with Crippen LogP contribution in [0.1, 0.15) is 19.3 Å². The van der Waals surface area contributed by atoms with E-state index in [1.807, 2.05) is 10.6 Å². The Kier molecular flexibility index (Phi) is 10.3. The Labute approximate surface area is 163 Å². The first-order valence-corrected chi connectivity index (χ1v) is 7.97. The minimum absolute atomic E-state index is 0.472. The molecular weight excluding hydrogens is 396 g/mol. The van der Waals surface area contributed by atoms with Crippen molar-refractivity contribution in [2.45, 2.75) is 37.4 Å². The highest BCUT2D eigenvalue weighted by molar-refractivity contribution is 5.96. The van der Waals surface area contributed by atoms with Crippen molar-refractivity contribution in [1.29, 1.82) is 0 Å². The van der Waals surface area contributed by atoms with Crippen LogP contribution in [0.2, 0.25) is 0 Å². The molecule has 3 unspecified atom stereocenters. The van der Waals surface area contributed by atoms with Gasteiger partial charge in [0.2, 0.25) is 29.5 Å². The summed E-state index contributed by atoms with van der Waals surface area (Å²) in [5, 5.41) is 23.6. The Morgan fingerprint density at radius 2 is 1.31 bits per heavy atom. The van der Waals surface area contributed by atoms with E-state index in [2.05, 4.69) is 5.32 Å². The number of hydrogen-bond acceptors (Lipinski definition) is 8. The highest BCUT2D eigenvalue weighted by atomic mass is 16.4. The monoisotopic (exact) mass is 418 g/mol. The van der Waals surface area contributed by atoms with Gasteiger partial charge >= 0.3 is 11.9 Å². The Hall–Kier alpha value is -3.75. The molecule has 0 radical (unpaired) electrons. The molecule has 0 aromatic heterocycles. The van der Waals surface area contributed by atoms with Gasteiger partial charge in [-0.3, -0.25) is 28.8 Å². The van der Waals surface area contributed by atoms with E-state index in [9.17, 15) is 33.6 Å². The van der Waals surface area contributed by atoms with Crippen LogP contribution in [0.5, 0.6) is 0 Å². The van der Waals surface area contributed by atoms with Gasteiger partial charge in [-0.15, -0.1) is 0 Å². The van der Waals surface area contributed by atoms with E-state index in [0.717, 1.165) is 0 Å². The summed E-state index contributed by atoms with van der Waals surface area (Å²) in [5.41, 5.74) is 15.2. The molecule has 0 aromatic rings.